The highest BCUT2D eigenvalue weighted by Gasteiger charge is 2.21. The van der Waals surface area contributed by atoms with Gasteiger partial charge < -0.3 is 15.5 Å². The first-order valence-electron chi connectivity index (χ1n) is 11.3. The average molecular weight is 506 g/mol. The quantitative estimate of drug-likeness (QED) is 0.381. The number of benzene rings is 2. The number of nitrogens with zero attached hydrogens (tertiary/aromatic N) is 2. The van der Waals surface area contributed by atoms with Gasteiger partial charge >= 0.3 is 0 Å². The zero-order valence-corrected chi connectivity index (χ0v) is 21.2. The van der Waals surface area contributed by atoms with E-state index < -0.39 is 0 Å². The van der Waals surface area contributed by atoms with E-state index in [2.05, 4.69) is 106 Å². The summed E-state index contributed by atoms with van der Waals surface area (Å²) in [5.41, 5.74) is 5.76. The number of unbranched alkanes of at least 4 members (excludes halogenated alkanes) is 1. The second-order valence-electron chi connectivity index (χ2n) is 8.10. The first-order chi connectivity index (χ1) is 16.0. The molecule has 2 N–H and O–H groups in total. The number of amidine groups is 1. The Hall–Kier alpha value is -3.05. The smallest absolute Gasteiger partial charge is 0.130 e. The summed E-state index contributed by atoms with van der Waals surface area (Å²) < 4.78 is 0.901. The molecule has 2 aromatic rings. The van der Waals surface area contributed by atoms with E-state index in [1.54, 1.807) is 6.08 Å². The van der Waals surface area contributed by atoms with Crippen LogP contribution in [0.15, 0.2) is 101 Å². The maximum atomic E-state index is 4.91. The Morgan fingerprint density at radius 2 is 1.85 bits per heavy atom. The van der Waals surface area contributed by atoms with E-state index in [1.807, 2.05) is 13.1 Å². The maximum Gasteiger partial charge on any atom is 0.130 e. The van der Waals surface area contributed by atoms with Gasteiger partial charge in [-0.15, -0.1) is 0 Å². The van der Waals surface area contributed by atoms with Gasteiger partial charge in [0.15, 0.2) is 0 Å². The molecule has 0 amide bonds. The van der Waals surface area contributed by atoms with Crippen LogP contribution < -0.4 is 10.6 Å². The van der Waals surface area contributed by atoms with Crippen molar-refractivity contribution >= 4 is 27.5 Å². The molecule has 0 radical (unpaired) electrons. The largest absolute Gasteiger partial charge is 0.389 e. The zero-order chi connectivity index (χ0) is 23.6. The van der Waals surface area contributed by atoms with Crippen LogP contribution in [0.3, 0.4) is 0 Å². The SMILES string of the molecule is C=C/C(Br)=C1/NC(c2ccccc2C)=CC(=NCCCCNC(=C)Cc2ccccc2)N1C. The van der Waals surface area contributed by atoms with Crippen LogP contribution in [0.4, 0.5) is 0 Å². The summed E-state index contributed by atoms with van der Waals surface area (Å²) in [5.74, 6) is 1.87. The van der Waals surface area contributed by atoms with Gasteiger partial charge in [-0.3, -0.25) is 4.99 Å². The van der Waals surface area contributed by atoms with Gasteiger partial charge in [-0.05, 0) is 46.8 Å². The van der Waals surface area contributed by atoms with Crippen molar-refractivity contribution in [3.8, 4) is 0 Å². The second-order valence-corrected chi connectivity index (χ2v) is 8.95. The normalized spacial score (nSPS) is 16.2. The molecule has 0 unspecified atom stereocenters. The molecule has 2 aromatic carbocycles. The molecule has 33 heavy (non-hydrogen) atoms. The molecule has 0 saturated carbocycles. The molecule has 172 valence electrons. The summed E-state index contributed by atoms with van der Waals surface area (Å²) in [6.07, 6.45) is 6.83. The van der Waals surface area contributed by atoms with Crippen LogP contribution in [-0.2, 0) is 6.42 Å². The molecule has 0 spiro atoms. The van der Waals surface area contributed by atoms with E-state index in [9.17, 15) is 0 Å². The summed E-state index contributed by atoms with van der Waals surface area (Å²) in [6, 6.07) is 18.8. The van der Waals surface area contributed by atoms with E-state index in [-0.39, 0.29) is 0 Å². The standard InChI is InChI=1S/C28H33BrN4/c1-5-25(29)28-32-26(24-16-10-9-13-21(24)2)20-27(33(28)4)31-18-12-11-17-30-22(3)19-23-14-7-6-8-15-23/h5-10,13-16,20,30,32H,1,3,11-12,17-19H2,2,4H3/b28-25+,31-27?. The third-order valence-electron chi connectivity index (χ3n) is 5.54. The topological polar surface area (TPSA) is 39.7 Å². The predicted molar refractivity (Wildman–Crippen MR) is 145 cm³/mol. The van der Waals surface area contributed by atoms with Crippen molar-refractivity contribution in [3.63, 3.8) is 0 Å². The molecule has 5 heteroatoms. The van der Waals surface area contributed by atoms with Gasteiger partial charge in [-0.2, -0.15) is 0 Å². The highest BCUT2D eigenvalue weighted by Crippen LogP contribution is 2.26. The Morgan fingerprint density at radius 3 is 2.58 bits per heavy atom. The molecule has 3 rings (SSSR count). The number of hydrogen-bond donors (Lipinski definition) is 2. The Kier molecular flexibility index (Phi) is 9.14. The summed E-state index contributed by atoms with van der Waals surface area (Å²) in [4.78, 5) is 6.97. The van der Waals surface area contributed by atoms with Crippen molar-refractivity contribution in [1.82, 2.24) is 15.5 Å². The molecule has 0 fully saturated rings. The summed E-state index contributed by atoms with van der Waals surface area (Å²) in [5, 5.41) is 6.97. The van der Waals surface area contributed by atoms with Gasteiger partial charge in [0.2, 0.25) is 0 Å². The number of rotatable bonds is 10. The van der Waals surface area contributed by atoms with Crippen molar-refractivity contribution in [2.24, 2.45) is 4.99 Å². The zero-order valence-electron chi connectivity index (χ0n) is 19.6. The minimum Gasteiger partial charge on any atom is -0.389 e. The monoisotopic (exact) mass is 504 g/mol. The number of allylic oxidation sites excluding steroid dienone is 3. The van der Waals surface area contributed by atoms with E-state index >= 15 is 0 Å². The lowest BCUT2D eigenvalue weighted by Gasteiger charge is -2.31. The second kappa shape index (κ2) is 12.3. The van der Waals surface area contributed by atoms with Crippen LogP contribution in [0, 0.1) is 6.92 Å². The fourth-order valence-corrected chi connectivity index (χ4v) is 4.04. The lowest BCUT2D eigenvalue weighted by atomic mass is 10.0. The molecular formula is C28H33BrN4. The van der Waals surface area contributed by atoms with Crippen molar-refractivity contribution in [3.05, 3.63) is 113 Å². The van der Waals surface area contributed by atoms with Gasteiger partial charge in [-0.1, -0.05) is 73.8 Å². The average Bonchev–Trinajstić information content (AvgIpc) is 2.82. The van der Waals surface area contributed by atoms with Crippen molar-refractivity contribution in [1.29, 1.82) is 0 Å². The van der Waals surface area contributed by atoms with Crippen LogP contribution in [0.25, 0.3) is 5.70 Å². The molecule has 1 heterocycles. The summed E-state index contributed by atoms with van der Waals surface area (Å²) >= 11 is 3.62. The Labute approximate surface area is 206 Å². The molecular weight excluding hydrogens is 472 g/mol. The van der Waals surface area contributed by atoms with E-state index in [0.717, 1.165) is 59.9 Å². The van der Waals surface area contributed by atoms with Gasteiger partial charge in [0.25, 0.3) is 0 Å². The molecule has 0 aliphatic carbocycles. The van der Waals surface area contributed by atoms with Crippen molar-refractivity contribution < 1.29 is 0 Å². The number of nitrogens with one attached hydrogen (secondary N) is 2. The molecule has 0 bridgehead atoms. The number of aliphatic imine (C=N–C) groups is 1. The number of likely N-dealkylation sites (N-methyl/N-ethyl adjacent to an activating group) is 1. The summed E-state index contributed by atoms with van der Waals surface area (Å²) in [6.45, 7) is 11.9. The predicted octanol–water partition coefficient (Wildman–Crippen LogP) is 6.15. The lowest BCUT2D eigenvalue weighted by Crippen LogP contribution is -2.38. The Bertz CT molecular complexity index is 1070. The van der Waals surface area contributed by atoms with Crippen LogP contribution in [0.1, 0.15) is 29.5 Å². The lowest BCUT2D eigenvalue weighted by molar-refractivity contribution is 0.574. The molecule has 0 atom stereocenters. The minimum atomic E-state index is 0.767. The van der Waals surface area contributed by atoms with Gasteiger partial charge in [0, 0.05) is 43.9 Å². The first-order valence-corrected chi connectivity index (χ1v) is 12.1. The minimum absolute atomic E-state index is 0.767. The highest BCUT2D eigenvalue weighted by atomic mass is 79.9. The Balaban J connectivity index is 1.59. The number of hydrogen-bond acceptors (Lipinski definition) is 3. The molecule has 0 aromatic heterocycles. The van der Waals surface area contributed by atoms with E-state index in [4.69, 9.17) is 4.99 Å². The van der Waals surface area contributed by atoms with Crippen molar-refractivity contribution in [2.45, 2.75) is 26.2 Å². The van der Waals surface area contributed by atoms with Crippen molar-refractivity contribution in [2.75, 3.05) is 20.1 Å². The fraction of sp³-hybridized carbons (Fsp3) is 0.250. The fourth-order valence-electron chi connectivity index (χ4n) is 3.68. The molecule has 4 nitrogen and oxygen atoms in total. The van der Waals surface area contributed by atoms with E-state index in [0.29, 0.717) is 0 Å². The van der Waals surface area contributed by atoms with Crippen LogP contribution in [0.2, 0.25) is 0 Å². The van der Waals surface area contributed by atoms with Crippen LogP contribution in [0.5, 0.6) is 0 Å². The molecule has 0 saturated heterocycles. The van der Waals surface area contributed by atoms with Gasteiger partial charge in [0.05, 0.1) is 10.2 Å². The number of halogens is 1. The Morgan fingerprint density at radius 1 is 1.12 bits per heavy atom. The van der Waals surface area contributed by atoms with Crippen LogP contribution in [-0.4, -0.2) is 30.9 Å². The third kappa shape index (κ3) is 6.96. The van der Waals surface area contributed by atoms with Gasteiger partial charge in [-0.25, -0.2) is 0 Å². The first kappa shape index (κ1) is 24.6. The third-order valence-corrected chi connectivity index (χ3v) is 6.24. The number of aryl methyl sites for hydroxylation is 1. The summed E-state index contributed by atoms with van der Waals surface area (Å²) in [7, 11) is 2.02. The maximum absolute atomic E-state index is 4.91. The highest BCUT2D eigenvalue weighted by molar-refractivity contribution is 9.11. The molecule has 1 aliphatic rings. The van der Waals surface area contributed by atoms with Crippen LogP contribution >= 0.6 is 15.9 Å². The van der Waals surface area contributed by atoms with Gasteiger partial charge in [0.1, 0.15) is 11.7 Å². The molecule has 1 aliphatic heterocycles. The van der Waals surface area contributed by atoms with E-state index in [1.165, 1.54) is 16.7 Å².